The lowest BCUT2D eigenvalue weighted by Crippen LogP contribution is -2.53. The van der Waals surface area contributed by atoms with E-state index in [0.717, 1.165) is 29.7 Å². The van der Waals surface area contributed by atoms with Gasteiger partial charge in [0.25, 0.3) is 11.5 Å². The average Bonchev–Trinajstić information content (AvgIpc) is 3.28. The fourth-order valence-corrected chi connectivity index (χ4v) is 4.69. The number of ether oxygens (including phenoxy) is 1. The molecule has 1 saturated heterocycles. The zero-order valence-electron chi connectivity index (χ0n) is 18.3. The largest absolute Gasteiger partial charge is 0.376 e. The van der Waals surface area contributed by atoms with Crippen molar-refractivity contribution in [3.63, 3.8) is 0 Å². The lowest BCUT2D eigenvalue weighted by atomic mass is 9.92. The molecule has 1 aromatic heterocycles. The smallest absolute Gasteiger partial charge is 0.263 e. The summed E-state index contributed by atoms with van der Waals surface area (Å²) in [7, 11) is 1.57. The molecule has 164 valence electrons. The third-order valence-electron chi connectivity index (χ3n) is 6.39. The number of fused-ring (bicyclic) bond motifs is 1. The Hall–Kier alpha value is -2.93. The van der Waals surface area contributed by atoms with Gasteiger partial charge >= 0.3 is 0 Å². The highest BCUT2D eigenvalue weighted by Crippen LogP contribution is 2.25. The van der Waals surface area contributed by atoms with Gasteiger partial charge in [0.2, 0.25) is 5.91 Å². The number of nitrogens with one attached hydrogen (secondary N) is 1. The van der Waals surface area contributed by atoms with Gasteiger partial charge in [0.05, 0.1) is 12.6 Å². The van der Waals surface area contributed by atoms with Crippen molar-refractivity contribution >= 4 is 11.8 Å². The molecule has 1 fully saturated rings. The van der Waals surface area contributed by atoms with E-state index in [0.29, 0.717) is 31.7 Å². The zero-order chi connectivity index (χ0) is 22.1. The van der Waals surface area contributed by atoms with Crippen molar-refractivity contribution < 1.29 is 14.3 Å². The van der Waals surface area contributed by atoms with Gasteiger partial charge in [0.1, 0.15) is 11.6 Å². The standard InChI is InChI=1S/C24H29N3O4/c1-15-11-16(2)26(14-19-9-6-10-31-19)23(29)21(15)24(30)27-13-18-8-5-4-7-17(18)12-20(27)22(28)25-3/h4-5,7-8,11,19-20H,6,9-10,12-14H2,1-3H3,(H,25,28)/t19?,20-/m0/s1. The number of pyridine rings is 1. The van der Waals surface area contributed by atoms with Crippen LogP contribution in [0.4, 0.5) is 0 Å². The van der Waals surface area contributed by atoms with Crippen LogP contribution in [0.1, 0.15) is 45.6 Å². The second kappa shape index (κ2) is 8.67. The van der Waals surface area contributed by atoms with E-state index < -0.39 is 11.9 Å². The number of likely N-dealkylation sites (N-methyl/N-ethyl adjacent to an activating group) is 1. The van der Waals surface area contributed by atoms with Gasteiger partial charge in [-0.1, -0.05) is 24.3 Å². The molecule has 0 saturated carbocycles. The number of carbonyl (C=O) groups excluding carboxylic acids is 2. The number of amides is 2. The molecule has 7 heteroatoms. The van der Waals surface area contributed by atoms with Gasteiger partial charge in [-0.2, -0.15) is 0 Å². The van der Waals surface area contributed by atoms with E-state index in [-0.39, 0.29) is 23.1 Å². The summed E-state index contributed by atoms with van der Waals surface area (Å²) < 4.78 is 7.35. The molecular formula is C24H29N3O4. The van der Waals surface area contributed by atoms with Crippen LogP contribution in [-0.2, 0) is 29.0 Å². The number of aryl methyl sites for hydroxylation is 2. The van der Waals surface area contributed by atoms with Crippen LogP contribution >= 0.6 is 0 Å². The molecule has 3 heterocycles. The first-order chi connectivity index (χ1) is 14.9. The van der Waals surface area contributed by atoms with Crippen LogP contribution < -0.4 is 10.9 Å². The third kappa shape index (κ3) is 4.02. The Labute approximate surface area is 182 Å². The fraction of sp³-hybridized carbons (Fsp3) is 0.458. The molecule has 7 nitrogen and oxygen atoms in total. The van der Waals surface area contributed by atoms with E-state index >= 15 is 0 Å². The first kappa shape index (κ1) is 21.3. The van der Waals surface area contributed by atoms with Gasteiger partial charge in [-0.25, -0.2) is 0 Å². The summed E-state index contributed by atoms with van der Waals surface area (Å²) in [5, 5.41) is 2.67. The molecule has 1 N–H and O–H groups in total. The van der Waals surface area contributed by atoms with Crippen LogP contribution in [0.3, 0.4) is 0 Å². The molecular weight excluding hydrogens is 394 g/mol. The minimum atomic E-state index is -0.654. The summed E-state index contributed by atoms with van der Waals surface area (Å²) in [6.45, 7) is 5.10. The molecule has 2 atom stereocenters. The predicted octanol–water partition coefficient (Wildman–Crippen LogP) is 1.96. The number of rotatable bonds is 4. The minimum absolute atomic E-state index is 0.0115. The maximum atomic E-state index is 13.7. The predicted molar refractivity (Wildman–Crippen MR) is 117 cm³/mol. The second-order valence-corrected chi connectivity index (χ2v) is 8.43. The molecule has 2 aliphatic heterocycles. The molecule has 0 bridgehead atoms. The number of benzene rings is 1. The molecule has 0 spiro atoms. The molecule has 0 radical (unpaired) electrons. The first-order valence-corrected chi connectivity index (χ1v) is 10.8. The Balaban J connectivity index is 1.73. The highest BCUT2D eigenvalue weighted by atomic mass is 16.5. The van der Waals surface area contributed by atoms with Crippen LogP contribution in [0.5, 0.6) is 0 Å². The van der Waals surface area contributed by atoms with Crippen molar-refractivity contribution in [3.8, 4) is 0 Å². The van der Waals surface area contributed by atoms with Crippen LogP contribution in [-0.4, -0.2) is 47.1 Å². The summed E-state index contributed by atoms with van der Waals surface area (Å²) in [6, 6.07) is 9.03. The van der Waals surface area contributed by atoms with Crippen LogP contribution in [0.2, 0.25) is 0 Å². The van der Waals surface area contributed by atoms with Crippen molar-refractivity contribution in [1.29, 1.82) is 0 Å². The Kier molecular flexibility index (Phi) is 5.96. The van der Waals surface area contributed by atoms with Gasteiger partial charge in [0.15, 0.2) is 0 Å². The second-order valence-electron chi connectivity index (χ2n) is 8.43. The average molecular weight is 424 g/mol. The normalized spacial score (nSPS) is 20.4. The van der Waals surface area contributed by atoms with Gasteiger partial charge in [-0.3, -0.25) is 14.4 Å². The molecule has 4 rings (SSSR count). The number of aromatic nitrogens is 1. The molecule has 31 heavy (non-hydrogen) atoms. The van der Waals surface area contributed by atoms with Crippen molar-refractivity contribution in [2.45, 2.75) is 58.3 Å². The zero-order valence-corrected chi connectivity index (χ0v) is 18.3. The Bertz CT molecular complexity index is 1070. The Morgan fingerprint density at radius 1 is 1.19 bits per heavy atom. The third-order valence-corrected chi connectivity index (χ3v) is 6.39. The van der Waals surface area contributed by atoms with Crippen LogP contribution in [0, 0.1) is 13.8 Å². The van der Waals surface area contributed by atoms with E-state index in [1.165, 1.54) is 4.90 Å². The summed E-state index contributed by atoms with van der Waals surface area (Å²) in [5.41, 5.74) is 3.31. The summed E-state index contributed by atoms with van der Waals surface area (Å²) in [5.74, 6) is -0.626. The quantitative estimate of drug-likeness (QED) is 0.815. The molecule has 1 unspecified atom stereocenters. The number of nitrogens with zero attached hydrogens (tertiary/aromatic N) is 2. The van der Waals surface area contributed by atoms with Crippen molar-refractivity contribution in [1.82, 2.24) is 14.8 Å². The fourth-order valence-electron chi connectivity index (χ4n) is 4.69. The maximum Gasteiger partial charge on any atom is 0.263 e. The van der Waals surface area contributed by atoms with Crippen LogP contribution in [0.15, 0.2) is 35.1 Å². The monoisotopic (exact) mass is 423 g/mol. The Morgan fingerprint density at radius 3 is 2.61 bits per heavy atom. The summed E-state index contributed by atoms with van der Waals surface area (Å²) in [4.78, 5) is 41.3. The topological polar surface area (TPSA) is 80.6 Å². The highest BCUT2D eigenvalue weighted by Gasteiger charge is 2.36. The summed E-state index contributed by atoms with van der Waals surface area (Å²) >= 11 is 0. The lowest BCUT2D eigenvalue weighted by Gasteiger charge is -2.36. The highest BCUT2D eigenvalue weighted by molar-refractivity contribution is 5.98. The molecule has 1 aromatic carbocycles. The number of hydrogen-bond donors (Lipinski definition) is 1. The Morgan fingerprint density at radius 2 is 1.94 bits per heavy atom. The minimum Gasteiger partial charge on any atom is -0.376 e. The SMILES string of the molecule is CNC(=O)[C@@H]1Cc2ccccc2CN1C(=O)c1c(C)cc(C)n(CC2CCCO2)c1=O. The van der Waals surface area contributed by atoms with Crippen LogP contribution in [0.25, 0.3) is 0 Å². The molecule has 0 aliphatic carbocycles. The first-order valence-electron chi connectivity index (χ1n) is 10.8. The van der Waals surface area contributed by atoms with E-state index in [2.05, 4.69) is 5.32 Å². The van der Waals surface area contributed by atoms with Gasteiger partial charge in [0, 0.05) is 32.3 Å². The van der Waals surface area contributed by atoms with Crippen molar-refractivity contribution in [2.24, 2.45) is 0 Å². The van der Waals surface area contributed by atoms with Crippen molar-refractivity contribution in [3.05, 3.63) is 68.6 Å². The van der Waals surface area contributed by atoms with E-state index in [4.69, 9.17) is 4.74 Å². The molecule has 2 amide bonds. The summed E-state index contributed by atoms with van der Waals surface area (Å²) in [6.07, 6.45) is 2.31. The van der Waals surface area contributed by atoms with Gasteiger partial charge < -0.3 is 19.5 Å². The van der Waals surface area contributed by atoms with E-state index in [1.807, 2.05) is 37.3 Å². The van der Waals surface area contributed by atoms with E-state index in [1.54, 1.807) is 18.5 Å². The number of hydrogen-bond acceptors (Lipinski definition) is 4. The lowest BCUT2D eigenvalue weighted by molar-refractivity contribution is -0.125. The molecule has 2 aliphatic rings. The molecule has 2 aromatic rings. The van der Waals surface area contributed by atoms with E-state index in [9.17, 15) is 14.4 Å². The maximum absolute atomic E-state index is 13.7. The van der Waals surface area contributed by atoms with Gasteiger partial charge in [-0.15, -0.1) is 0 Å². The van der Waals surface area contributed by atoms with Gasteiger partial charge in [-0.05, 0) is 49.4 Å². The van der Waals surface area contributed by atoms with Crippen molar-refractivity contribution in [2.75, 3.05) is 13.7 Å². The number of carbonyl (C=O) groups is 2.